The first kappa shape index (κ1) is 46.2. The molecule has 2 N–H and O–H groups in total. The number of fused-ring (bicyclic) bond motifs is 3. The van der Waals surface area contributed by atoms with Gasteiger partial charge >= 0.3 is 11.4 Å². The first-order valence-electron chi connectivity index (χ1n) is 23.4. The van der Waals surface area contributed by atoms with E-state index in [0.29, 0.717) is 70.1 Å². The van der Waals surface area contributed by atoms with Crippen molar-refractivity contribution >= 4 is 28.2 Å². The average Bonchev–Trinajstić information content (AvgIpc) is 3.91. The lowest BCUT2D eigenvalue weighted by molar-refractivity contribution is -0.118. The Hall–Kier alpha value is -6.88. The molecule has 4 aliphatic rings. The number of aromatic amines is 2. The lowest BCUT2D eigenvalue weighted by Crippen LogP contribution is -2.30. The van der Waals surface area contributed by atoms with Gasteiger partial charge in [0.15, 0.2) is 11.6 Å². The summed E-state index contributed by atoms with van der Waals surface area (Å²) in [6.07, 6.45) is 13.1. The zero-order chi connectivity index (χ0) is 47.9. The third-order valence-corrected chi connectivity index (χ3v) is 13.2. The Kier molecular flexibility index (Phi) is 12.9. The van der Waals surface area contributed by atoms with Crippen LogP contribution >= 0.6 is 0 Å². The largest absolute Gasteiger partial charge is 0.438 e. The van der Waals surface area contributed by atoms with Gasteiger partial charge in [0.2, 0.25) is 6.41 Å². The number of aromatic nitrogens is 9. The van der Waals surface area contributed by atoms with E-state index in [-0.39, 0.29) is 23.7 Å². The Labute approximate surface area is 391 Å². The quantitative estimate of drug-likeness (QED) is 0.150. The minimum absolute atomic E-state index is 0.116. The molecule has 12 rings (SSSR count). The van der Waals surface area contributed by atoms with Gasteiger partial charge in [0.25, 0.3) is 0 Å². The van der Waals surface area contributed by atoms with Crippen LogP contribution in [0.4, 0.5) is 8.78 Å². The zero-order valence-electron chi connectivity index (χ0n) is 39.4. The monoisotopic (exact) mass is 928 g/mol. The number of benzene rings is 3. The Balaban J connectivity index is 0.000000164. The van der Waals surface area contributed by atoms with Crippen molar-refractivity contribution in [3.63, 3.8) is 0 Å². The number of aryl methyl sites for hydroxylation is 3. The highest BCUT2D eigenvalue weighted by molar-refractivity contribution is 5.82. The van der Waals surface area contributed by atoms with E-state index in [2.05, 4.69) is 76.7 Å². The smallest absolute Gasteiger partial charge is 0.376 e. The molecule has 5 aromatic heterocycles. The summed E-state index contributed by atoms with van der Waals surface area (Å²) in [7, 11) is 0. The number of para-hydroxylation sites is 1. The van der Waals surface area contributed by atoms with Gasteiger partial charge in [0, 0.05) is 61.2 Å². The molecule has 0 bridgehead atoms. The summed E-state index contributed by atoms with van der Waals surface area (Å²) >= 11 is 0. The van der Waals surface area contributed by atoms with Gasteiger partial charge in [-0.1, -0.05) is 30.3 Å². The van der Waals surface area contributed by atoms with E-state index in [0.717, 1.165) is 50.1 Å². The number of carbonyl (C=O) groups excluding carboxylic acids is 1. The van der Waals surface area contributed by atoms with E-state index in [1.807, 2.05) is 10.7 Å². The number of halogens is 2. The van der Waals surface area contributed by atoms with Crippen molar-refractivity contribution in [2.45, 2.75) is 111 Å². The second-order valence-corrected chi connectivity index (χ2v) is 19.2. The van der Waals surface area contributed by atoms with Crippen molar-refractivity contribution in [1.29, 1.82) is 0 Å². The first-order chi connectivity index (χ1) is 32.7. The number of nitrogens with zero attached hydrogens (tertiary/aromatic N) is 8. The molecule has 8 aromatic rings. The molecule has 356 valence electrons. The summed E-state index contributed by atoms with van der Waals surface area (Å²) in [5.74, 6) is 1.55. The molecule has 0 spiro atoms. The highest BCUT2D eigenvalue weighted by Gasteiger charge is 2.37. The number of H-pyrrole nitrogens is 2. The normalized spacial score (nSPS) is 18.2. The Morgan fingerprint density at radius 3 is 2.32 bits per heavy atom. The van der Waals surface area contributed by atoms with Gasteiger partial charge in [0.1, 0.15) is 11.6 Å². The van der Waals surface area contributed by atoms with Gasteiger partial charge in [-0.25, -0.2) is 23.1 Å². The van der Waals surface area contributed by atoms with Crippen LogP contribution in [0.25, 0.3) is 39.0 Å². The molecule has 2 aliphatic heterocycles. The third-order valence-electron chi connectivity index (χ3n) is 13.2. The second-order valence-electron chi connectivity index (χ2n) is 19.2. The van der Waals surface area contributed by atoms with Crippen LogP contribution < -0.4 is 11.4 Å². The lowest BCUT2D eigenvalue weighted by Gasteiger charge is -2.29. The van der Waals surface area contributed by atoms with Crippen LogP contribution in [0.3, 0.4) is 0 Å². The maximum absolute atomic E-state index is 15.8. The Bertz CT molecular complexity index is 3150. The number of ether oxygens (including phenoxy) is 1. The standard InChI is InChI=1S/C29H27F2N7O2.C9H9N.C7H14O.C6H8N2O2/c1-17-11-20(12-18(2)26(17)30)38-28(22-15-34(16-39)8-7-23(22)33-38)36-10-9-35(29(36)40)25-6-5-24-21(27(25)31)13-32-37(24)14-19-3-4-19;1-7-6-8-4-2-3-5-9(8)10-7;1-7(2)5-3-4-6-8-7;1-3-2-4(3)5-7-6(9)10-8-5/h5-6,9-13,16,19H,3-4,7-8,14-15H2,1-2H3;2-6,10H,1H3;3-6H2,1-2H3;3-4H,2H2,1H3,(H,7,8,9). The highest BCUT2D eigenvalue weighted by Crippen LogP contribution is 2.45. The Morgan fingerprint density at radius 1 is 0.941 bits per heavy atom. The summed E-state index contributed by atoms with van der Waals surface area (Å²) in [6, 6.07) is 17.2. The minimum Gasteiger partial charge on any atom is -0.376 e. The number of rotatable bonds is 7. The summed E-state index contributed by atoms with van der Waals surface area (Å²) in [6.45, 7) is 14.4. The molecule has 2 atom stereocenters. The van der Waals surface area contributed by atoms with Crippen LogP contribution in [-0.4, -0.2) is 73.9 Å². The van der Waals surface area contributed by atoms with E-state index in [4.69, 9.17) is 9.84 Å². The number of carbonyl (C=O) groups is 1. The molecule has 3 fully saturated rings. The lowest BCUT2D eigenvalue weighted by atomic mass is 9.99. The van der Waals surface area contributed by atoms with Crippen LogP contribution in [0, 0.1) is 44.2 Å². The topological polar surface area (TPSA) is 167 Å². The predicted molar refractivity (Wildman–Crippen MR) is 255 cm³/mol. The molecule has 2 aliphatic carbocycles. The molecule has 17 heteroatoms. The molecule has 1 saturated heterocycles. The SMILES string of the molecule is CC1(C)CCCCO1.CC1CC1c1noc(=O)[nH]1.Cc1cc(-n2nc3c(c2-n2ccn(-c4ccc5c(cnn5CC5CC5)c4F)c2=O)CN(C=O)CC3)cc(C)c1F.Cc1cc2ccccc2[nH]1. The average molecular weight is 929 g/mol. The molecular weight excluding hydrogens is 871 g/mol. The van der Waals surface area contributed by atoms with Gasteiger partial charge in [0.05, 0.1) is 46.3 Å². The number of amides is 1. The van der Waals surface area contributed by atoms with Crippen molar-refractivity contribution in [3.8, 4) is 17.2 Å². The number of nitrogens with one attached hydrogen (secondary N) is 2. The van der Waals surface area contributed by atoms with Gasteiger partial charge < -0.3 is 14.6 Å². The summed E-state index contributed by atoms with van der Waals surface area (Å²) in [4.78, 5) is 43.4. The van der Waals surface area contributed by atoms with Crippen LogP contribution in [-0.2, 0) is 29.0 Å². The number of imidazole rings is 1. The van der Waals surface area contributed by atoms with Crippen molar-refractivity contribution in [2.24, 2.45) is 11.8 Å². The highest BCUT2D eigenvalue weighted by atomic mass is 19.1. The summed E-state index contributed by atoms with van der Waals surface area (Å²) in [5.41, 5.74) is 5.91. The third kappa shape index (κ3) is 9.89. The van der Waals surface area contributed by atoms with Crippen molar-refractivity contribution in [1.82, 2.24) is 48.7 Å². The number of hydrogen-bond donors (Lipinski definition) is 2. The van der Waals surface area contributed by atoms with Gasteiger partial charge in [-0.2, -0.15) is 10.2 Å². The molecule has 0 radical (unpaired) electrons. The van der Waals surface area contributed by atoms with Crippen LogP contribution in [0.1, 0.15) is 99.1 Å². The molecule has 15 nitrogen and oxygen atoms in total. The molecule has 3 aromatic carbocycles. The summed E-state index contributed by atoms with van der Waals surface area (Å²) < 4.78 is 46.2. The maximum atomic E-state index is 15.8. The Morgan fingerprint density at radius 2 is 1.69 bits per heavy atom. The zero-order valence-corrected chi connectivity index (χ0v) is 39.4. The van der Waals surface area contributed by atoms with Crippen molar-refractivity contribution < 1.29 is 22.8 Å². The van der Waals surface area contributed by atoms with Crippen LogP contribution in [0.15, 0.2) is 87.3 Å². The summed E-state index contributed by atoms with van der Waals surface area (Å²) in [5, 5.41) is 14.4. The fourth-order valence-corrected chi connectivity index (χ4v) is 9.05. The van der Waals surface area contributed by atoms with E-state index < -0.39 is 17.3 Å². The van der Waals surface area contributed by atoms with E-state index in [1.165, 1.54) is 57.4 Å². The fourth-order valence-electron chi connectivity index (χ4n) is 9.05. The van der Waals surface area contributed by atoms with E-state index in [1.54, 1.807) is 53.9 Å². The molecule has 2 unspecified atom stereocenters. The molecule has 68 heavy (non-hydrogen) atoms. The van der Waals surface area contributed by atoms with Gasteiger partial charge in [-0.3, -0.25) is 28.1 Å². The van der Waals surface area contributed by atoms with Crippen molar-refractivity contribution in [3.05, 3.63) is 140 Å². The molecule has 2 saturated carbocycles. The minimum atomic E-state index is -0.521. The van der Waals surface area contributed by atoms with Gasteiger partial charge in [-0.15, -0.1) is 0 Å². The van der Waals surface area contributed by atoms with Crippen LogP contribution in [0.5, 0.6) is 0 Å². The molecule has 1 amide bonds. The molecular formula is C51H58F2N10O5. The van der Waals surface area contributed by atoms with E-state index >= 15 is 4.39 Å². The number of hydrogen-bond acceptors (Lipinski definition) is 8. The maximum Gasteiger partial charge on any atom is 0.438 e. The first-order valence-corrected chi connectivity index (χ1v) is 23.4. The molecule has 7 heterocycles. The van der Waals surface area contributed by atoms with Crippen molar-refractivity contribution in [2.75, 3.05) is 13.2 Å². The van der Waals surface area contributed by atoms with E-state index in [9.17, 15) is 18.8 Å². The second kappa shape index (κ2) is 19.0. The van der Waals surface area contributed by atoms with Gasteiger partial charge in [-0.05, 0) is 138 Å². The fraction of sp³-hybridized carbons (Fsp3) is 0.412. The predicted octanol–water partition coefficient (Wildman–Crippen LogP) is 8.91. The van der Waals surface area contributed by atoms with Crippen LogP contribution in [0.2, 0.25) is 0 Å².